The van der Waals surface area contributed by atoms with Gasteiger partial charge in [0, 0.05) is 30.6 Å². The van der Waals surface area contributed by atoms with Gasteiger partial charge in [-0.05, 0) is 49.3 Å². The number of carbonyl (C=O) groups excluding carboxylic acids is 2. The molecule has 4 rings (SSSR count). The number of rotatable bonds is 2. The van der Waals surface area contributed by atoms with E-state index >= 15 is 0 Å². The topological polar surface area (TPSA) is 86.8 Å². The van der Waals surface area contributed by atoms with Crippen LogP contribution in [0.1, 0.15) is 37.2 Å². The quantitative estimate of drug-likeness (QED) is 0.799. The second-order valence-corrected chi connectivity index (χ2v) is 9.54. The summed E-state index contributed by atoms with van der Waals surface area (Å²) in [5.74, 6) is -0.115. The second kappa shape index (κ2) is 7.07. The van der Waals surface area contributed by atoms with Crippen molar-refractivity contribution in [2.24, 2.45) is 5.92 Å². The van der Waals surface area contributed by atoms with Gasteiger partial charge in [-0.25, -0.2) is 4.72 Å². The Morgan fingerprint density at radius 1 is 1.07 bits per heavy atom. The molecule has 2 saturated heterocycles. The molecular weight excluding hydrogens is 390 g/mol. The van der Waals surface area contributed by atoms with Crippen LogP contribution in [0.2, 0.25) is 5.02 Å². The molecule has 1 N–H and O–H groups in total. The third kappa shape index (κ3) is 3.58. The number of hydrogen-bond donors (Lipinski definition) is 1. The largest absolute Gasteiger partial charge is 0.339 e. The van der Waals surface area contributed by atoms with Crippen LogP contribution < -0.4 is 4.72 Å². The monoisotopic (exact) mass is 411 g/mol. The van der Waals surface area contributed by atoms with E-state index in [4.69, 9.17) is 11.6 Å². The molecule has 146 valence electrons. The summed E-state index contributed by atoms with van der Waals surface area (Å²) in [5, 5.41) is 0.722. The molecule has 27 heavy (non-hydrogen) atoms. The predicted octanol–water partition coefficient (Wildman–Crippen LogP) is 1.50. The van der Waals surface area contributed by atoms with Crippen LogP contribution >= 0.6 is 11.6 Å². The lowest BCUT2D eigenvalue weighted by Crippen LogP contribution is -2.56. The summed E-state index contributed by atoms with van der Waals surface area (Å²) in [6.45, 7) is 0.638. The van der Waals surface area contributed by atoms with Crippen LogP contribution in [0.15, 0.2) is 24.3 Å². The Bertz CT molecular complexity index is 850. The van der Waals surface area contributed by atoms with E-state index in [1.807, 2.05) is 29.0 Å². The van der Waals surface area contributed by atoms with Crippen molar-refractivity contribution >= 4 is 33.6 Å². The third-order valence-electron chi connectivity index (χ3n) is 5.90. The van der Waals surface area contributed by atoms with Gasteiger partial charge < -0.3 is 4.90 Å². The van der Waals surface area contributed by atoms with Crippen molar-refractivity contribution in [3.05, 3.63) is 34.9 Å². The Balaban J connectivity index is 1.36. The first-order valence-corrected chi connectivity index (χ1v) is 11.0. The van der Waals surface area contributed by atoms with Gasteiger partial charge in [-0.15, -0.1) is 0 Å². The minimum atomic E-state index is -3.72. The van der Waals surface area contributed by atoms with Gasteiger partial charge in [-0.1, -0.05) is 23.7 Å². The van der Waals surface area contributed by atoms with Gasteiger partial charge in [-0.3, -0.25) is 9.59 Å². The van der Waals surface area contributed by atoms with E-state index in [1.54, 1.807) is 4.90 Å². The molecule has 2 aliphatic heterocycles. The molecule has 2 heterocycles. The van der Waals surface area contributed by atoms with Crippen LogP contribution in [-0.2, 0) is 19.8 Å². The average Bonchev–Trinajstić information content (AvgIpc) is 2.90. The Morgan fingerprint density at radius 3 is 2.41 bits per heavy atom. The van der Waals surface area contributed by atoms with Gasteiger partial charge >= 0.3 is 10.2 Å². The molecule has 0 spiro atoms. The van der Waals surface area contributed by atoms with Crippen LogP contribution in [0.5, 0.6) is 0 Å². The number of nitrogens with zero attached hydrogens (tertiary/aromatic N) is 2. The number of amides is 2. The zero-order valence-corrected chi connectivity index (χ0v) is 16.4. The fourth-order valence-electron chi connectivity index (χ4n) is 4.39. The molecular formula is C18H22ClN3O4S. The Morgan fingerprint density at radius 2 is 1.74 bits per heavy atom. The van der Waals surface area contributed by atoms with Crippen LogP contribution in [0, 0.1) is 5.92 Å². The first kappa shape index (κ1) is 18.7. The van der Waals surface area contributed by atoms with Crippen molar-refractivity contribution in [2.45, 2.75) is 37.6 Å². The lowest BCUT2D eigenvalue weighted by molar-refractivity contribution is -0.139. The van der Waals surface area contributed by atoms with Gasteiger partial charge in [0.05, 0.1) is 0 Å². The number of nitrogens with one attached hydrogen (secondary N) is 1. The summed E-state index contributed by atoms with van der Waals surface area (Å²) >= 11 is 5.95. The highest BCUT2D eigenvalue weighted by molar-refractivity contribution is 7.88. The molecule has 3 aliphatic rings. The second-order valence-electron chi connectivity index (χ2n) is 7.48. The summed E-state index contributed by atoms with van der Waals surface area (Å²) in [7, 11) is -3.72. The number of halogens is 1. The van der Waals surface area contributed by atoms with E-state index in [2.05, 4.69) is 0 Å². The van der Waals surface area contributed by atoms with Crippen LogP contribution in [0.25, 0.3) is 0 Å². The van der Waals surface area contributed by atoms with Crippen molar-refractivity contribution in [1.82, 2.24) is 13.9 Å². The average molecular weight is 412 g/mol. The van der Waals surface area contributed by atoms with Crippen molar-refractivity contribution in [3.63, 3.8) is 0 Å². The summed E-state index contributed by atoms with van der Waals surface area (Å²) in [6.07, 6.45) is 3.50. The minimum absolute atomic E-state index is 0.0429. The van der Waals surface area contributed by atoms with Crippen LogP contribution in [0.3, 0.4) is 0 Å². The molecule has 1 atom stereocenters. The SMILES string of the molecule is O=C1NS(=O)(=O)N2CCN(C(=O)C3CCC(c4ccc(Cl)cc4)CC3)CC12. The summed E-state index contributed by atoms with van der Waals surface area (Å²) in [6, 6.07) is 7.10. The highest BCUT2D eigenvalue weighted by Crippen LogP contribution is 2.37. The fourth-order valence-corrected chi connectivity index (χ4v) is 5.84. The standard InChI is InChI=1S/C18H22ClN3O4S/c19-15-7-5-13(6-8-15)12-1-3-14(4-2-12)18(24)21-9-10-22-16(11-21)17(23)20-27(22,25)26/h5-8,12,14,16H,1-4,9-11H2,(H,20,23). The molecule has 7 nitrogen and oxygen atoms in total. The van der Waals surface area contributed by atoms with E-state index in [0.29, 0.717) is 12.5 Å². The van der Waals surface area contributed by atoms with Crippen molar-refractivity contribution in [2.75, 3.05) is 19.6 Å². The molecule has 0 aromatic heterocycles. The molecule has 9 heteroatoms. The normalized spacial score (nSPS) is 30.6. The lowest BCUT2D eigenvalue weighted by atomic mass is 9.78. The van der Waals surface area contributed by atoms with Gasteiger partial charge in [0.2, 0.25) is 5.91 Å². The zero-order valence-electron chi connectivity index (χ0n) is 14.8. The molecule has 2 amide bonds. The molecule has 1 aliphatic carbocycles. The van der Waals surface area contributed by atoms with Gasteiger partial charge in [0.1, 0.15) is 6.04 Å². The number of benzene rings is 1. The first-order valence-electron chi connectivity index (χ1n) is 9.23. The molecule has 0 bridgehead atoms. The van der Waals surface area contributed by atoms with E-state index in [-0.39, 0.29) is 24.9 Å². The number of hydrogen-bond acceptors (Lipinski definition) is 4. The molecule has 3 fully saturated rings. The maximum atomic E-state index is 12.9. The maximum absolute atomic E-state index is 12.9. The smallest absolute Gasteiger partial charge is 0.304 e. The molecule has 1 aromatic rings. The summed E-state index contributed by atoms with van der Waals surface area (Å²) in [4.78, 5) is 26.5. The molecule has 1 saturated carbocycles. The first-order chi connectivity index (χ1) is 12.8. The number of carbonyl (C=O) groups is 2. The summed E-state index contributed by atoms with van der Waals surface area (Å²) < 4.78 is 26.9. The van der Waals surface area contributed by atoms with Crippen LogP contribution in [-0.4, -0.2) is 55.1 Å². The fraction of sp³-hybridized carbons (Fsp3) is 0.556. The van der Waals surface area contributed by atoms with E-state index in [9.17, 15) is 18.0 Å². The van der Waals surface area contributed by atoms with Gasteiger partial charge in [0.15, 0.2) is 0 Å². The van der Waals surface area contributed by atoms with E-state index < -0.39 is 22.2 Å². The molecule has 0 radical (unpaired) electrons. The Hall–Kier alpha value is -1.64. The number of piperazine rings is 1. The van der Waals surface area contributed by atoms with Crippen molar-refractivity contribution < 1.29 is 18.0 Å². The van der Waals surface area contributed by atoms with E-state index in [0.717, 1.165) is 35.0 Å². The highest BCUT2D eigenvalue weighted by atomic mass is 35.5. The van der Waals surface area contributed by atoms with Crippen molar-refractivity contribution in [1.29, 1.82) is 0 Å². The Labute approximate surface area is 163 Å². The predicted molar refractivity (Wildman–Crippen MR) is 100 cm³/mol. The van der Waals surface area contributed by atoms with E-state index in [1.165, 1.54) is 5.56 Å². The molecule has 1 unspecified atom stereocenters. The Kier molecular flexibility index (Phi) is 4.90. The highest BCUT2D eigenvalue weighted by Gasteiger charge is 2.48. The number of fused-ring (bicyclic) bond motifs is 1. The zero-order chi connectivity index (χ0) is 19.2. The lowest BCUT2D eigenvalue weighted by Gasteiger charge is -2.37. The van der Waals surface area contributed by atoms with Gasteiger partial charge in [0.25, 0.3) is 5.91 Å². The van der Waals surface area contributed by atoms with Gasteiger partial charge in [-0.2, -0.15) is 12.7 Å². The van der Waals surface area contributed by atoms with Crippen molar-refractivity contribution in [3.8, 4) is 0 Å². The summed E-state index contributed by atoms with van der Waals surface area (Å²) in [5.41, 5.74) is 1.26. The molecule has 1 aromatic carbocycles. The van der Waals surface area contributed by atoms with Crippen LogP contribution in [0.4, 0.5) is 0 Å². The third-order valence-corrected chi connectivity index (χ3v) is 7.67. The maximum Gasteiger partial charge on any atom is 0.304 e. The minimum Gasteiger partial charge on any atom is -0.339 e.